The molecule has 0 unspecified atom stereocenters. The van der Waals surface area contributed by atoms with E-state index in [4.69, 9.17) is 11.0 Å². The number of nitrogens with one attached hydrogen (secondary N) is 2. The van der Waals surface area contributed by atoms with Crippen LogP contribution >= 0.6 is 0 Å². The molecule has 0 aliphatic heterocycles. The Morgan fingerprint density at radius 1 is 1.20 bits per heavy atom. The second kappa shape index (κ2) is 5.71. The van der Waals surface area contributed by atoms with Gasteiger partial charge in [-0.1, -0.05) is 12.1 Å². The number of urea groups is 1. The van der Waals surface area contributed by atoms with Crippen LogP contribution < -0.4 is 16.4 Å². The van der Waals surface area contributed by atoms with Gasteiger partial charge in [-0.05, 0) is 30.3 Å². The number of nitriles is 1. The zero-order chi connectivity index (χ0) is 14.5. The van der Waals surface area contributed by atoms with Crippen molar-refractivity contribution in [2.45, 2.75) is 0 Å². The van der Waals surface area contributed by atoms with Crippen LogP contribution in [0, 0.1) is 17.1 Å². The molecule has 2 amide bonds. The number of carbonyl (C=O) groups is 1. The lowest BCUT2D eigenvalue weighted by Crippen LogP contribution is -2.21. The maximum atomic E-state index is 13.5. The molecule has 4 N–H and O–H groups in total. The van der Waals surface area contributed by atoms with Crippen molar-refractivity contribution in [2.24, 2.45) is 0 Å². The van der Waals surface area contributed by atoms with E-state index in [1.807, 2.05) is 6.07 Å². The van der Waals surface area contributed by atoms with E-state index in [0.29, 0.717) is 11.3 Å². The molecule has 100 valence electrons. The summed E-state index contributed by atoms with van der Waals surface area (Å²) in [6, 6.07) is 11.8. The van der Waals surface area contributed by atoms with Crippen LogP contribution in [0.5, 0.6) is 0 Å². The predicted molar refractivity (Wildman–Crippen MR) is 74.6 cm³/mol. The van der Waals surface area contributed by atoms with Crippen molar-refractivity contribution in [3.8, 4) is 6.07 Å². The molecule has 0 fully saturated rings. The first-order valence-electron chi connectivity index (χ1n) is 5.72. The highest BCUT2D eigenvalue weighted by molar-refractivity contribution is 6.01. The molecule has 0 aromatic heterocycles. The van der Waals surface area contributed by atoms with Crippen molar-refractivity contribution in [1.82, 2.24) is 0 Å². The zero-order valence-corrected chi connectivity index (χ0v) is 10.4. The number of amides is 2. The smallest absolute Gasteiger partial charge is 0.323 e. The summed E-state index contributed by atoms with van der Waals surface area (Å²) in [5.41, 5.74) is 6.47. The van der Waals surface area contributed by atoms with E-state index in [1.54, 1.807) is 18.2 Å². The maximum Gasteiger partial charge on any atom is 0.323 e. The molecule has 20 heavy (non-hydrogen) atoms. The summed E-state index contributed by atoms with van der Waals surface area (Å²) >= 11 is 0. The molecule has 0 bridgehead atoms. The van der Waals surface area contributed by atoms with E-state index in [1.165, 1.54) is 24.3 Å². The summed E-state index contributed by atoms with van der Waals surface area (Å²) < 4.78 is 13.5. The number of nitrogens with zero attached hydrogens (tertiary/aromatic N) is 1. The van der Waals surface area contributed by atoms with Crippen molar-refractivity contribution in [1.29, 1.82) is 5.26 Å². The highest BCUT2D eigenvalue weighted by Crippen LogP contribution is 2.22. The Labute approximate surface area is 114 Å². The van der Waals surface area contributed by atoms with Crippen molar-refractivity contribution < 1.29 is 9.18 Å². The number of halogens is 1. The molecular weight excluding hydrogens is 259 g/mol. The number of rotatable bonds is 2. The molecule has 2 aromatic carbocycles. The molecule has 0 saturated carbocycles. The molecule has 0 radical (unpaired) electrons. The highest BCUT2D eigenvalue weighted by Gasteiger charge is 2.10. The fourth-order valence-corrected chi connectivity index (χ4v) is 1.62. The fraction of sp³-hybridized carbons (Fsp3) is 0. The van der Waals surface area contributed by atoms with E-state index >= 15 is 0 Å². The van der Waals surface area contributed by atoms with E-state index < -0.39 is 11.8 Å². The van der Waals surface area contributed by atoms with Crippen molar-refractivity contribution in [3.05, 3.63) is 53.8 Å². The molecule has 0 heterocycles. The Morgan fingerprint density at radius 3 is 2.65 bits per heavy atom. The van der Waals surface area contributed by atoms with Gasteiger partial charge in [0.25, 0.3) is 0 Å². The first-order chi connectivity index (χ1) is 9.60. The van der Waals surface area contributed by atoms with Crippen LogP contribution in [-0.4, -0.2) is 6.03 Å². The van der Waals surface area contributed by atoms with Crippen LogP contribution in [0.15, 0.2) is 42.5 Å². The first kappa shape index (κ1) is 13.4. The third-order valence-electron chi connectivity index (χ3n) is 2.53. The number of hydrogen-bond donors (Lipinski definition) is 3. The average Bonchev–Trinajstić information content (AvgIpc) is 2.43. The molecule has 2 rings (SSSR count). The Bertz CT molecular complexity index is 674. The van der Waals surface area contributed by atoms with Gasteiger partial charge in [-0.3, -0.25) is 0 Å². The highest BCUT2D eigenvalue weighted by atomic mass is 19.1. The SMILES string of the molecule is N#Cc1cccc(NC(=O)Nc2c(N)cccc2F)c1. The molecule has 6 heteroatoms. The number of anilines is 3. The molecular formula is C14H11FN4O. The minimum atomic E-state index is -0.642. The van der Waals surface area contributed by atoms with E-state index in [9.17, 15) is 9.18 Å². The van der Waals surface area contributed by atoms with Crippen LogP contribution in [0.3, 0.4) is 0 Å². The largest absolute Gasteiger partial charge is 0.397 e. The number of nitrogens with two attached hydrogens (primary N) is 1. The van der Waals surface area contributed by atoms with Crippen LogP contribution in [-0.2, 0) is 0 Å². The van der Waals surface area contributed by atoms with Gasteiger partial charge in [0.2, 0.25) is 0 Å². The minimum Gasteiger partial charge on any atom is -0.397 e. The van der Waals surface area contributed by atoms with Gasteiger partial charge in [0, 0.05) is 5.69 Å². The summed E-state index contributed by atoms with van der Waals surface area (Å²) in [5, 5.41) is 13.6. The van der Waals surface area contributed by atoms with Gasteiger partial charge < -0.3 is 16.4 Å². The average molecular weight is 270 g/mol. The lowest BCUT2D eigenvalue weighted by atomic mass is 10.2. The minimum absolute atomic E-state index is 0.0820. The first-order valence-corrected chi connectivity index (χ1v) is 5.72. The monoisotopic (exact) mass is 270 g/mol. The van der Waals surface area contributed by atoms with Crippen LogP contribution in [0.1, 0.15) is 5.56 Å². The summed E-state index contributed by atoms with van der Waals surface area (Å²) in [6.45, 7) is 0. The van der Waals surface area contributed by atoms with Gasteiger partial charge in [-0.25, -0.2) is 9.18 Å². The fourth-order valence-electron chi connectivity index (χ4n) is 1.62. The lowest BCUT2D eigenvalue weighted by Gasteiger charge is -2.10. The second-order valence-electron chi connectivity index (χ2n) is 3.98. The van der Waals surface area contributed by atoms with Crippen LogP contribution in [0.4, 0.5) is 26.2 Å². The van der Waals surface area contributed by atoms with Crippen molar-refractivity contribution >= 4 is 23.1 Å². The summed E-state index contributed by atoms with van der Waals surface area (Å²) in [7, 11) is 0. The summed E-state index contributed by atoms with van der Waals surface area (Å²) in [6.07, 6.45) is 0. The maximum absolute atomic E-state index is 13.5. The standard InChI is InChI=1S/C14H11FN4O/c15-11-5-2-6-12(17)13(11)19-14(20)18-10-4-1-3-9(7-10)8-16/h1-7H,17H2,(H2,18,19,20). The zero-order valence-electron chi connectivity index (χ0n) is 10.4. The number of para-hydroxylation sites is 1. The van der Waals surface area contributed by atoms with Crippen LogP contribution in [0.2, 0.25) is 0 Å². The van der Waals surface area contributed by atoms with Crippen LogP contribution in [0.25, 0.3) is 0 Å². The molecule has 0 aliphatic carbocycles. The second-order valence-corrected chi connectivity index (χ2v) is 3.98. The number of carbonyl (C=O) groups excluding carboxylic acids is 1. The van der Waals surface area contributed by atoms with Crippen molar-refractivity contribution in [2.75, 3.05) is 16.4 Å². The van der Waals surface area contributed by atoms with Gasteiger partial charge in [0.1, 0.15) is 11.5 Å². The normalized spacial score (nSPS) is 9.60. The quantitative estimate of drug-likeness (QED) is 0.733. The van der Waals surface area contributed by atoms with Gasteiger partial charge in [0.15, 0.2) is 0 Å². The van der Waals surface area contributed by atoms with E-state index in [2.05, 4.69) is 10.6 Å². The molecule has 0 aliphatic rings. The molecule has 0 atom stereocenters. The van der Waals surface area contributed by atoms with Gasteiger partial charge in [-0.2, -0.15) is 5.26 Å². The molecule has 0 saturated heterocycles. The Kier molecular flexibility index (Phi) is 3.82. The summed E-state index contributed by atoms with van der Waals surface area (Å²) in [4.78, 5) is 11.8. The Hall–Kier alpha value is -3.07. The topological polar surface area (TPSA) is 90.9 Å². The predicted octanol–water partition coefficient (Wildman–Crippen LogP) is 2.92. The van der Waals surface area contributed by atoms with Gasteiger partial charge in [0.05, 0.1) is 17.3 Å². The van der Waals surface area contributed by atoms with Crippen molar-refractivity contribution in [3.63, 3.8) is 0 Å². The Balaban J connectivity index is 2.11. The van der Waals surface area contributed by atoms with E-state index in [-0.39, 0.29) is 11.4 Å². The molecule has 0 spiro atoms. The third kappa shape index (κ3) is 3.03. The third-order valence-corrected chi connectivity index (χ3v) is 2.53. The molecule has 2 aromatic rings. The van der Waals surface area contributed by atoms with E-state index in [0.717, 1.165) is 0 Å². The number of nitrogen functional groups attached to an aromatic ring is 1. The summed E-state index contributed by atoms with van der Waals surface area (Å²) in [5.74, 6) is -0.620. The Morgan fingerprint density at radius 2 is 1.95 bits per heavy atom. The number of hydrogen-bond acceptors (Lipinski definition) is 3. The van der Waals surface area contributed by atoms with Gasteiger partial charge >= 0.3 is 6.03 Å². The molecule has 5 nitrogen and oxygen atoms in total. The number of benzene rings is 2. The lowest BCUT2D eigenvalue weighted by molar-refractivity contribution is 0.262. The van der Waals surface area contributed by atoms with Gasteiger partial charge in [-0.15, -0.1) is 0 Å².